The van der Waals surface area contributed by atoms with E-state index in [1.165, 1.54) is 17.5 Å². The molecule has 5 heteroatoms. The fourth-order valence-electron chi connectivity index (χ4n) is 1.83. The van der Waals surface area contributed by atoms with Gasteiger partial charge in [-0.15, -0.1) is 0 Å². The Morgan fingerprint density at radius 2 is 1.59 bits per heavy atom. The van der Waals surface area contributed by atoms with E-state index in [0.29, 0.717) is 0 Å². The molecule has 0 heterocycles. The molecule has 0 aliphatic rings. The van der Waals surface area contributed by atoms with E-state index >= 15 is 0 Å². The van der Waals surface area contributed by atoms with Crippen molar-refractivity contribution in [3.63, 3.8) is 0 Å². The Morgan fingerprint density at radius 3 is 2.14 bits per heavy atom. The molecule has 22 heavy (non-hydrogen) atoms. The number of methoxy groups -OCH3 is 2. The number of aryl methyl sites for hydroxylation is 1. The van der Waals surface area contributed by atoms with E-state index in [1.807, 2.05) is 25.1 Å². The van der Waals surface area contributed by atoms with Gasteiger partial charge in [-0.1, -0.05) is 17.7 Å². The maximum Gasteiger partial charge on any atom is 0.123 e. The summed E-state index contributed by atoms with van der Waals surface area (Å²) in [6.45, 7) is 4.01. The van der Waals surface area contributed by atoms with Gasteiger partial charge < -0.3 is 9.47 Å². The average molecular weight is 316 g/mol. The summed E-state index contributed by atoms with van der Waals surface area (Å²) in [5.41, 5.74) is 3.05. The third-order valence-corrected chi connectivity index (χ3v) is 3.86. The Kier molecular flexibility index (Phi) is 5.72. The fourth-order valence-corrected chi connectivity index (χ4v) is 2.39. The molecule has 116 valence electrons. The molecule has 0 aliphatic carbocycles. The Balaban J connectivity index is 2.06. The van der Waals surface area contributed by atoms with E-state index in [1.54, 1.807) is 14.2 Å². The molecule has 2 aromatic carbocycles. The molecular formula is C17H20N2O2S. The minimum atomic E-state index is 0.745. The number of hydrogen-bond acceptors (Lipinski definition) is 5. The third-order valence-electron chi connectivity index (χ3n) is 3.17. The highest BCUT2D eigenvalue weighted by atomic mass is 32.2. The predicted molar refractivity (Wildman–Crippen MR) is 91.9 cm³/mol. The lowest BCUT2D eigenvalue weighted by atomic mass is 10.1. The van der Waals surface area contributed by atoms with Crippen LogP contribution in [-0.2, 0) is 0 Å². The summed E-state index contributed by atoms with van der Waals surface area (Å²) < 4.78 is 10.5. The molecule has 0 atom stereocenters. The summed E-state index contributed by atoms with van der Waals surface area (Å²) >= 11 is 1.47. The quantitative estimate of drug-likeness (QED) is 0.496. The predicted octanol–water partition coefficient (Wildman–Crippen LogP) is 4.03. The molecule has 0 bridgehead atoms. The standard InChI is InChI=1S/C17H20N2O2S/c1-12-5-7-17(8-6-12)22-19-18-13(2)14-9-15(20-3)11-16(10-14)21-4/h5-11,19H,1-4H3/b18-13+. The smallest absolute Gasteiger partial charge is 0.123 e. The second kappa shape index (κ2) is 7.75. The Hall–Kier alpha value is -2.14. The normalized spacial score (nSPS) is 11.2. The molecule has 0 aromatic heterocycles. The lowest BCUT2D eigenvalue weighted by molar-refractivity contribution is 0.394. The Labute approximate surface area is 135 Å². The fraction of sp³-hybridized carbons (Fsp3) is 0.235. The van der Waals surface area contributed by atoms with Gasteiger partial charge in [-0.3, -0.25) is 0 Å². The van der Waals surface area contributed by atoms with Crippen LogP contribution in [-0.4, -0.2) is 19.9 Å². The van der Waals surface area contributed by atoms with Crippen LogP contribution < -0.4 is 14.3 Å². The summed E-state index contributed by atoms with van der Waals surface area (Å²) in [6.07, 6.45) is 0. The highest BCUT2D eigenvalue weighted by Gasteiger charge is 2.04. The highest BCUT2D eigenvalue weighted by Crippen LogP contribution is 2.23. The zero-order chi connectivity index (χ0) is 15.9. The molecular weight excluding hydrogens is 296 g/mol. The van der Waals surface area contributed by atoms with Gasteiger partial charge in [0.05, 0.1) is 19.9 Å². The minimum absolute atomic E-state index is 0.745. The summed E-state index contributed by atoms with van der Waals surface area (Å²) in [5.74, 6) is 1.49. The average Bonchev–Trinajstić information content (AvgIpc) is 2.56. The van der Waals surface area contributed by atoms with Gasteiger partial charge in [-0.25, -0.2) is 4.83 Å². The molecule has 0 saturated heterocycles. The highest BCUT2D eigenvalue weighted by molar-refractivity contribution is 7.97. The van der Waals surface area contributed by atoms with Crippen molar-refractivity contribution in [1.82, 2.24) is 4.83 Å². The first-order valence-electron chi connectivity index (χ1n) is 6.88. The van der Waals surface area contributed by atoms with Gasteiger partial charge in [0.2, 0.25) is 0 Å². The maximum absolute atomic E-state index is 5.27. The summed E-state index contributed by atoms with van der Waals surface area (Å²) in [5, 5.41) is 4.38. The third kappa shape index (κ3) is 4.43. The number of ether oxygens (including phenoxy) is 2. The molecule has 2 aromatic rings. The molecule has 0 radical (unpaired) electrons. The second-order valence-electron chi connectivity index (χ2n) is 4.80. The van der Waals surface area contributed by atoms with Crippen molar-refractivity contribution in [3.05, 3.63) is 53.6 Å². The van der Waals surface area contributed by atoms with E-state index in [0.717, 1.165) is 27.7 Å². The number of hydrogen-bond donors (Lipinski definition) is 1. The van der Waals surface area contributed by atoms with E-state index in [-0.39, 0.29) is 0 Å². The van der Waals surface area contributed by atoms with Crippen LogP contribution in [0.5, 0.6) is 11.5 Å². The van der Waals surface area contributed by atoms with Gasteiger partial charge >= 0.3 is 0 Å². The van der Waals surface area contributed by atoms with Crippen molar-refractivity contribution < 1.29 is 9.47 Å². The van der Waals surface area contributed by atoms with E-state index < -0.39 is 0 Å². The van der Waals surface area contributed by atoms with Gasteiger partial charge in [0.1, 0.15) is 11.5 Å². The van der Waals surface area contributed by atoms with Crippen molar-refractivity contribution in [3.8, 4) is 11.5 Å². The molecule has 0 saturated carbocycles. The summed E-state index contributed by atoms with van der Waals surface area (Å²) in [6, 6.07) is 14.0. The van der Waals surface area contributed by atoms with Crippen molar-refractivity contribution in [1.29, 1.82) is 0 Å². The van der Waals surface area contributed by atoms with Crippen LogP contribution in [0.4, 0.5) is 0 Å². The zero-order valence-corrected chi connectivity index (χ0v) is 14.0. The largest absolute Gasteiger partial charge is 0.497 e. The lowest BCUT2D eigenvalue weighted by Gasteiger charge is -2.08. The summed E-state index contributed by atoms with van der Waals surface area (Å²) in [7, 11) is 3.27. The molecule has 0 spiro atoms. The second-order valence-corrected chi connectivity index (χ2v) is 5.66. The molecule has 0 fully saturated rings. The SMILES string of the molecule is COc1cc(OC)cc(/C(C)=N/NSc2ccc(C)cc2)c1. The topological polar surface area (TPSA) is 42.9 Å². The molecule has 0 amide bonds. The molecule has 1 N–H and O–H groups in total. The van der Waals surface area contributed by atoms with E-state index in [9.17, 15) is 0 Å². The number of hydrazone groups is 1. The first kappa shape index (κ1) is 16.2. The van der Waals surface area contributed by atoms with Gasteiger partial charge in [-0.05, 0) is 38.1 Å². The lowest BCUT2D eigenvalue weighted by Crippen LogP contribution is -2.03. The number of rotatable bonds is 6. The van der Waals surface area contributed by atoms with Crippen LogP contribution in [0.1, 0.15) is 18.1 Å². The first-order chi connectivity index (χ1) is 10.6. The molecule has 2 rings (SSSR count). The Bertz CT molecular complexity index is 632. The van der Waals surface area contributed by atoms with Crippen molar-refractivity contribution in [2.24, 2.45) is 5.10 Å². The minimum Gasteiger partial charge on any atom is -0.497 e. The molecule has 4 nitrogen and oxygen atoms in total. The van der Waals surface area contributed by atoms with E-state index in [4.69, 9.17) is 9.47 Å². The van der Waals surface area contributed by atoms with Gasteiger partial charge in [-0.2, -0.15) is 5.10 Å². The van der Waals surface area contributed by atoms with Crippen LogP contribution in [0.15, 0.2) is 52.5 Å². The van der Waals surface area contributed by atoms with E-state index in [2.05, 4.69) is 41.1 Å². The van der Waals surface area contributed by atoms with Crippen molar-refractivity contribution in [2.45, 2.75) is 18.7 Å². The number of nitrogens with zero attached hydrogens (tertiary/aromatic N) is 1. The van der Waals surface area contributed by atoms with Crippen LogP contribution >= 0.6 is 11.9 Å². The maximum atomic E-state index is 5.27. The first-order valence-corrected chi connectivity index (χ1v) is 7.70. The Morgan fingerprint density at radius 1 is 1.00 bits per heavy atom. The van der Waals surface area contributed by atoms with Crippen molar-refractivity contribution >= 4 is 17.7 Å². The van der Waals surface area contributed by atoms with Gasteiger partial charge in [0.15, 0.2) is 0 Å². The summed E-state index contributed by atoms with van der Waals surface area (Å²) in [4.78, 5) is 4.13. The number of benzene rings is 2. The molecule has 0 aliphatic heterocycles. The van der Waals surface area contributed by atoms with Crippen LogP contribution in [0, 0.1) is 6.92 Å². The van der Waals surface area contributed by atoms with Crippen LogP contribution in [0.3, 0.4) is 0 Å². The van der Waals surface area contributed by atoms with Gasteiger partial charge in [0, 0.05) is 28.5 Å². The van der Waals surface area contributed by atoms with Crippen LogP contribution in [0.2, 0.25) is 0 Å². The monoisotopic (exact) mass is 316 g/mol. The zero-order valence-electron chi connectivity index (χ0n) is 13.2. The van der Waals surface area contributed by atoms with Crippen LogP contribution in [0.25, 0.3) is 0 Å². The van der Waals surface area contributed by atoms with Crippen molar-refractivity contribution in [2.75, 3.05) is 14.2 Å². The number of nitrogens with one attached hydrogen (secondary N) is 1. The molecule has 0 unspecified atom stereocenters. The van der Waals surface area contributed by atoms with Gasteiger partial charge in [0.25, 0.3) is 0 Å².